The number of carbonyl (C=O) groups excluding carboxylic acids is 2. The van der Waals surface area contributed by atoms with Crippen molar-refractivity contribution in [2.75, 3.05) is 19.6 Å². The van der Waals surface area contributed by atoms with E-state index in [4.69, 9.17) is 0 Å². The first-order chi connectivity index (χ1) is 16.4. The first-order valence-electron chi connectivity index (χ1n) is 11.5. The molecule has 9 heteroatoms. The minimum Gasteiger partial charge on any atom is -0.361 e. The molecule has 0 spiro atoms. The molecule has 3 aromatic rings. The number of sulfonamides is 1. The van der Waals surface area contributed by atoms with Crippen molar-refractivity contribution in [3.05, 3.63) is 66.4 Å². The van der Waals surface area contributed by atoms with Crippen molar-refractivity contribution in [3.8, 4) is 0 Å². The summed E-state index contributed by atoms with van der Waals surface area (Å²) in [7, 11) is -3.56. The molecule has 2 aromatic carbocycles. The number of aromatic amines is 1. The second-order valence-electron chi connectivity index (χ2n) is 8.62. The zero-order chi connectivity index (χ0) is 24.1. The Labute approximate surface area is 199 Å². The van der Waals surface area contributed by atoms with E-state index in [2.05, 4.69) is 15.6 Å². The van der Waals surface area contributed by atoms with E-state index in [0.29, 0.717) is 25.8 Å². The zero-order valence-electron chi connectivity index (χ0n) is 19.2. The van der Waals surface area contributed by atoms with E-state index in [-0.39, 0.29) is 35.7 Å². The Bertz CT molecular complexity index is 1250. The topological polar surface area (TPSA) is 111 Å². The Kier molecular flexibility index (Phi) is 7.33. The summed E-state index contributed by atoms with van der Waals surface area (Å²) in [6.45, 7) is 2.69. The Balaban J connectivity index is 1.22. The predicted molar refractivity (Wildman–Crippen MR) is 131 cm³/mol. The van der Waals surface area contributed by atoms with Crippen molar-refractivity contribution < 1.29 is 18.0 Å². The number of piperidine rings is 1. The lowest BCUT2D eigenvalue weighted by Crippen LogP contribution is -2.49. The molecule has 1 aliphatic heterocycles. The Hall–Kier alpha value is -3.17. The summed E-state index contributed by atoms with van der Waals surface area (Å²) >= 11 is 0. The van der Waals surface area contributed by atoms with Gasteiger partial charge in [0.1, 0.15) is 6.04 Å². The summed E-state index contributed by atoms with van der Waals surface area (Å²) in [5, 5.41) is 6.80. The van der Waals surface area contributed by atoms with Gasteiger partial charge in [-0.3, -0.25) is 9.59 Å². The van der Waals surface area contributed by atoms with Gasteiger partial charge in [0.15, 0.2) is 0 Å². The Morgan fingerprint density at radius 1 is 1.06 bits per heavy atom. The van der Waals surface area contributed by atoms with Gasteiger partial charge in [0.25, 0.3) is 0 Å². The van der Waals surface area contributed by atoms with Crippen molar-refractivity contribution in [3.63, 3.8) is 0 Å². The number of aromatic nitrogens is 1. The molecule has 3 N–H and O–H groups in total. The van der Waals surface area contributed by atoms with Crippen molar-refractivity contribution in [2.45, 2.75) is 37.1 Å². The van der Waals surface area contributed by atoms with Crippen LogP contribution < -0.4 is 10.6 Å². The van der Waals surface area contributed by atoms with Crippen LogP contribution in [0.4, 0.5) is 0 Å². The number of nitrogens with one attached hydrogen (secondary N) is 3. The van der Waals surface area contributed by atoms with Crippen LogP contribution in [0.3, 0.4) is 0 Å². The maximum absolute atomic E-state index is 12.8. The van der Waals surface area contributed by atoms with Gasteiger partial charge >= 0.3 is 0 Å². The standard InChI is InChI=1S/C25H30N4O4S/c1-18(24(30)26-14-11-20-17-27-23-10-6-5-9-22(20)23)28-25(31)19-12-15-29(16-13-19)34(32,33)21-7-3-2-4-8-21/h2-10,17-19,27H,11-16H2,1H3,(H,26,30)(H,28,31)/t18-/m0/s1. The maximum atomic E-state index is 12.8. The molecule has 1 fully saturated rings. The third kappa shape index (κ3) is 5.31. The fraction of sp³-hybridized carbons (Fsp3) is 0.360. The molecule has 34 heavy (non-hydrogen) atoms. The van der Waals surface area contributed by atoms with Gasteiger partial charge in [0.2, 0.25) is 21.8 Å². The van der Waals surface area contributed by atoms with Crippen molar-refractivity contribution in [1.29, 1.82) is 0 Å². The largest absolute Gasteiger partial charge is 0.361 e. The average molecular weight is 483 g/mol. The number of carbonyl (C=O) groups is 2. The SMILES string of the molecule is C[C@H](NC(=O)C1CCN(S(=O)(=O)c2ccccc2)CC1)C(=O)NCCc1c[nH]c2ccccc12. The summed E-state index contributed by atoms with van der Waals surface area (Å²) in [5.41, 5.74) is 2.19. The summed E-state index contributed by atoms with van der Waals surface area (Å²) in [6.07, 6.45) is 3.48. The molecule has 1 saturated heterocycles. The number of H-pyrrole nitrogens is 1. The lowest BCUT2D eigenvalue weighted by Gasteiger charge is -2.31. The molecule has 0 aliphatic carbocycles. The highest BCUT2D eigenvalue weighted by atomic mass is 32.2. The monoisotopic (exact) mass is 482 g/mol. The Morgan fingerprint density at radius 3 is 2.47 bits per heavy atom. The first-order valence-corrected chi connectivity index (χ1v) is 13.0. The third-order valence-electron chi connectivity index (χ3n) is 6.33. The van der Waals surface area contributed by atoms with Gasteiger partial charge in [0.05, 0.1) is 4.90 Å². The molecule has 2 heterocycles. The van der Waals surface area contributed by atoms with Gasteiger partial charge in [-0.1, -0.05) is 36.4 Å². The van der Waals surface area contributed by atoms with Crippen molar-refractivity contribution in [2.24, 2.45) is 5.92 Å². The lowest BCUT2D eigenvalue weighted by atomic mass is 9.97. The number of para-hydroxylation sites is 1. The minimum absolute atomic E-state index is 0.212. The van der Waals surface area contributed by atoms with Crippen LogP contribution in [0.25, 0.3) is 10.9 Å². The quantitative estimate of drug-likeness (QED) is 0.458. The van der Waals surface area contributed by atoms with E-state index in [0.717, 1.165) is 16.5 Å². The molecular weight excluding hydrogens is 452 g/mol. The number of rotatable bonds is 8. The van der Waals surface area contributed by atoms with Crippen LogP contribution in [0.2, 0.25) is 0 Å². The molecule has 0 unspecified atom stereocenters. The van der Waals surface area contributed by atoms with E-state index >= 15 is 0 Å². The van der Waals surface area contributed by atoms with Gasteiger partial charge < -0.3 is 15.6 Å². The van der Waals surface area contributed by atoms with Gasteiger partial charge in [-0.2, -0.15) is 4.31 Å². The number of fused-ring (bicyclic) bond motifs is 1. The first kappa shape index (κ1) is 24.0. The molecule has 8 nitrogen and oxygen atoms in total. The van der Waals surface area contributed by atoms with E-state index < -0.39 is 16.1 Å². The number of hydrogen-bond acceptors (Lipinski definition) is 4. The van der Waals surface area contributed by atoms with Crippen LogP contribution in [-0.4, -0.2) is 55.2 Å². The molecule has 180 valence electrons. The third-order valence-corrected chi connectivity index (χ3v) is 8.24. The van der Waals surface area contributed by atoms with E-state index in [1.165, 1.54) is 4.31 Å². The number of nitrogens with zero attached hydrogens (tertiary/aromatic N) is 1. The normalized spacial score (nSPS) is 16.3. The van der Waals surface area contributed by atoms with Gasteiger partial charge in [-0.05, 0) is 49.9 Å². The van der Waals surface area contributed by atoms with Crippen molar-refractivity contribution >= 4 is 32.7 Å². The molecular formula is C25H30N4O4S. The Morgan fingerprint density at radius 2 is 1.74 bits per heavy atom. The number of amides is 2. The highest BCUT2D eigenvalue weighted by Gasteiger charge is 2.32. The predicted octanol–water partition coefficient (Wildman–Crippen LogP) is 2.43. The van der Waals surface area contributed by atoms with Crippen LogP contribution in [0.15, 0.2) is 65.7 Å². The van der Waals surface area contributed by atoms with Crippen LogP contribution in [0, 0.1) is 5.92 Å². The van der Waals surface area contributed by atoms with Gasteiger partial charge in [-0.15, -0.1) is 0 Å². The molecule has 1 atom stereocenters. The second kappa shape index (κ2) is 10.4. The van der Waals surface area contributed by atoms with E-state index in [9.17, 15) is 18.0 Å². The summed E-state index contributed by atoms with van der Waals surface area (Å²) in [5.74, 6) is -0.767. The lowest BCUT2D eigenvalue weighted by molar-refractivity contribution is -0.131. The van der Waals surface area contributed by atoms with Crippen LogP contribution in [0.5, 0.6) is 0 Å². The maximum Gasteiger partial charge on any atom is 0.243 e. The van der Waals surface area contributed by atoms with Crippen LogP contribution in [0.1, 0.15) is 25.3 Å². The molecule has 0 radical (unpaired) electrons. The number of benzene rings is 2. The molecule has 1 aromatic heterocycles. The smallest absolute Gasteiger partial charge is 0.243 e. The molecule has 1 aliphatic rings. The van der Waals surface area contributed by atoms with E-state index in [1.807, 2.05) is 30.5 Å². The highest BCUT2D eigenvalue weighted by molar-refractivity contribution is 7.89. The van der Waals surface area contributed by atoms with Gasteiger partial charge in [0, 0.05) is 42.7 Å². The van der Waals surface area contributed by atoms with Crippen molar-refractivity contribution in [1.82, 2.24) is 19.9 Å². The molecule has 0 bridgehead atoms. The summed E-state index contributed by atoms with van der Waals surface area (Å²) in [6, 6.07) is 15.7. The van der Waals surface area contributed by atoms with Crippen LogP contribution >= 0.6 is 0 Å². The highest BCUT2D eigenvalue weighted by Crippen LogP contribution is 2.24. The fourth-order valence-corrected chi connectivity index (χ4v) is 5.80. The van der Waals surface area contributed by atoms with Gasteiger partial charge in [-0.25, -0.2) is 8.42 Å². The van der Waals surface area contributed by atoms with E-state index in [1.54, 1.807) is 37.3 Å². The average Bonchev–Trinajstić information content (AvgIpc) is 3.27. The van der Waals surface area contributed by atoms with Crippen LogP contribution in [-0.2, 0) is 26.0 Å². The summed E-state index contributed by atoms with van der Waals surface area (Å²) < 4.78 is 26.9. The number of hydrogen-bond donors (Lipinski definition) is 3. The molecule has 4 rings (SSSR count). The second-order valence-corrected chi connectivity index (χ2v) is 10.6. The molecule has 2 amide bonds. The zero-order valence-corrected chi connectivity index (χ0v) is 20.0. The minimum atomic E-state index is -3.56. The summed E-state index contributed by atoms with van der Waals surface area (Å²) in [4.78, 5) is 28.6. The fourth-order valence-electron chi connectivity index (χ4n) is 4.31. The molecule has 0 saturated carbocycles.